The Balaban J connectivity index is 1.46. The highest BCUT2D eigenvalue weighted by Crippen LogP contribution is 2.39. The van der Waals surface area contributed by atoms with Gasteiger partial charge < -0.3 is 9.47 Å². The largest absolute Gasteiger partial charge is 0.352 e. The summed E-state index contributed by atoms with van der Waals surface area (Å²) in [6.45, 7) is 1.05. The molecule has 0 bridgehead atoms. The maximum atomic E-state index is 4.87. The van der Waals surface area contributed by atoms with Gasteiger partial charge in [0.2, 0.25) is 0 Å². The summed E-state index contributed by atoms with van der Waals surface area (Å²) >= 11 is 0. The lowest BCUT2D eigenvalue weighted by molar-refractivity contribution is 0.613. The number of hydrogen-bond donors (Lipinski definition) is 0. The molecule has 0 aromatic carbocycles. The van der Waals surface area contributed by atoms with Crippen LogP contribution in [0.2, 0.25) is 0 Å². The van der Waals surface area contributed by atoms with Crippen molar-refractivity contribution in [3.63, 3.8) is 0 Å². The van der Waals surface area contributed by atoms with Crippen molar-refractivity contribution in [2.75, 3.05) is 11.4 Å². The molecule has 5 rings (SSSR count). The van der Waals surface area contributed by atoms with Crippen LogP contribution in [0.4, 0.5) is 5.82 Å². The maximum absolute atomic E-state index is 4.87. The standard InChI is InChI=1S/C17H21N7/c1-22-10-8-18-16(22)11-13-3-2-9-23(13)15-7-6-14-19-20-17(12-4-5-12)24(14)21-15/h6-8,10,12-13H,2-5,9,11H2,1H3/t13-/m1/s1. The lowest BCUT2D eigenvalue weighted by Crippen LogP contribution is -2.32. The van der Waals surface area contributed by atoms with E-state index in [1.54, 1.807) is 0 Å². The van der Waals surface area contributed by atoms with Gasteiger partial charge in [0.1, 0.15) is 11.6 Å². The Labute approximate surface area is 140 Å². The third kappa shape index (κ3) is 2.26. The highest BCUT2D eigenvalue weighted by atomic mass is 15.4. The van der Waals surface area contributed by atoms with Crippen molar-refractivity contribution in [3.05, 3.63) is 36.2 Å². The first-order valence-corrected chi connectivity index (χ1v) is 8.75. The fraction of sp³-hybridized carbons (Fsp3) is 0.529. The van der Waals surface area contributed by atoms with Gasteiger partial charge in [-0.1, -0.05) is 0 Å². The molecule has 1 atom stereocenters. The summed E-state index contributed by atoms with van der Waals surface area (Å²) < 4.78 is 4.06. The second-order valence-corrected chi connectivity index (χ2v) is 6.94. The van der Waals surface area contributed by atoms with Gasteiger partial charge in [-0.15, -0.1) is 15.3 Å². The van der Waals surface area contributed by atoms with E-state index < -0.39 is 0 Å². The molecule has 1 saturated heterocycles. The van der Waals surface area contributed by atoms with E-state index in [1.165, 1.54) is 25.7 Å². The maximum Gasteiger partial charge on any atom is 0.178 e. The van der Waals surface area contributed by atoms with Gasteiger partial charge in [-0.3, -0.25) is 0 Å². The van der Waals surface area contributed by atoms with Crippen molar-refractivity contribution in [1.82, 2.24) is 29.4 Å². The summed E-state index contributed by atoms with van der Waals surface area (Å²) in [7, 11) is 2.06. The number of imidazole rings is 1. The molecule has 0 N–H and O–H groups in total. The molecule has 2 aliphatic rings. The van der Waals surface area contributed by atoms with Crippen LogP contribution < -0.4 is 4.90 Å². The van der Waals surface area contributed by atoms with Crippen LogP contribution in [0.3, 0.4) is 0 Å². The van der Waals surface area contributed by atoms with Crippen molar-refractivity contribution in [2.24, 2.45) is 7.05 Å². The Hall–Kier alpha value is -2.44. The average molecular weight is 323 g/mol. The normalized spacial score (nSPS) is 21.0. The number of rotatable bonds is 4. The molecule has 2 fully saturated rings. The van der Waals surface area contributed by atoms with Crippen LogP contribution in [0.1, 0.15) is 43.3 Å². The summed E-state index contributed by atoms with van der Waals surface area (Å²) in [6, 6.07) is 4.58. The predicted octanol–water partition coefficient (Wildman–Crippen LogP) is 1.95. The fourth-order valence-corrected chi connectivity index (χ4v) is 3.70. The lowest BCUT2D eigenvalue weighted by Gasteiger charge is -2.25. The van der Waals surface area contributed by atoms with Gasteiger partial charge in [-0.25, -0.2) is 4.98 Å². The molecule has 4 heterocycles. The number of anilines is 1. The predicted molar refractivity (Wildman–Crippen MR) is 90.0 cm³/mol. The van der Waals surface area contributed by atoms with Crippen molar-refractivity contribution in [1.29, 1.82) is 0 Å². The zero-order valence-corrected chi connectivity index (χ0v) is 13.8. The van der Waals surface area contributed by atoms with E-state index in [0.717, 1.165) is 36.1 Å². The van der Waals surface area contributed by atoms with E-state index in [4.69, 9.17) is 5.10 Å². The summed E-state index contributed by atoms with van der Waals surface area (Å²) in [5, 5.41) is 13.5. The minimum Gasteiger partial charge on any atom is -0.352 e. The van der Waals surface area contributed by atoms with Gasteiger partial charge in [-0.2, -0.15) is 4.52 Å². The van der Waals surface area contributed by atoms with Crippen LogP contribution in [-0.4, -0.2) is 41.9 Å². The SMILES string of the molecule is Cn1ccnc1C[C@H]1CCCN1c1ccc2nnc(C3CC3)n2n1. The van der Waals surface area contributed by atoms with Crippen LogP contribution in [0, 0.1) is 0 Å². The van der Waals surface area contributed by atoms with E-state index in [-0.39, 0.29) is 0 Å². The number of aromatic nitrogens is 6. The van der Waals surface area contributed by atoms with E-state index in [2.05, 4.69) is 37.8 Å². The van der Waals surface area contributed by atoms with Gasteiger partial charge in [-0.05, 0) is 37.8 Å². The number of fused-ring (bicyclic) bond motifs is 1. The molecule has 0 unspecified atom stereocenters. The molecular weight excluding hydrogens is 302 g/mol. The van der Waals surface area contributed by atoms with E-state index in [0.29, 0.717) is 12.0 Å². The third-order valence-corrected chi connectivity index (χ3v) is 5.23. The Bertz CT molecular complexity index is 876. The Morgan fingerprint density at radius 2 is 2.08 bits per heavy atom. The molecular formula is C17H21N7. The van der Waals surface area contributed by atoms with Crippen LogP contribution in [-0.2, 0) is 13.5 Å². The molecule has 124 valence electrons. The molecule has 3 aromatic rings. The molecule has 0 radical (unpaired) electrons. The van der Waals surface area contributed by atoms with E-state index in [9.17, 15) is 0 Å². The first-order valence-electron chi connectivity index (χ1n) is 8.75. The van der Waals surface area contributed by atoms with Crippen LogP contribution in [0.5, 0.6) is 0 Å². The van der Waals surface area contributed by atoms with Crippen molar-refractivity contribution < 1.29 is 0 Å². The Kier molecular flexibility index (Phi) is 3.08. The molecule has 24 heavy (non-hydrogen) atoms. The third-order valence-electron chi connectivity index (χ3n) is 5.23. The number of aryl methyl sites for hydroxylation is 1. The van der Waals surface area contributed by atoms with Crippen molar-refractivity contribution >= 4 is 11.5 Å². The Morgan fingerprint density at radius 1 is 1.17 bits per heavy atom. The molecule has 0 spiro atoms. The average Bonchev–Trinajstić information content (AvgIpc) is 3.01. The Morgan fingerprint density at radius 3 is 2.88 bits per heavy atom. The second-order valence-electron chi connectivity index (χ2n) is 6.94. The highest BCUT2D eigenvalue weighted by Gasteiger charge is 2.31. The highest BCUT2D eigenvalue weighted by molar-refractivity contribution is 5.47. The molecule has 7 nitrogen and oxygen atoms in total. The molecule has 0 amide bonds. The van der Waals surface area contributed by atoms with Crippen LogP contribution in [0.15, 0.2) is 24.5 Å². The quantitative estimate of drug-likeness (QED) is 0.734. The minimum absolute atomic E-state index is 0.455. The first-order chi connectivity index (χ1) is 11.8. The summed E-state index contributed by atoms with van der Waals surface area (Å²) in [4.78, 5) is 6.91. The van der Waals surface area contributed by atoms with Gasteiger partial charge in [0.25, 0.3) is 0 Å². The summed E-state index contributed by atoms with van der Waals surface area (Å²) in [5.41, 5.74) is 0.848. The molecule has 1 aliphatic heterocycles. The molecule has 1 saturated carbocycles. The summed E-state index contributed by atoms with van der Waals surface area (Å²) in [5.74, 6) is 3.73. The van der Waals surface area contributed by atoms with Gasteiger partial charge in [0.15, 0.2) is 11.5 Å². The van der Waals surface area contributed by atoms with Crippen molar-refractivity contribution in [2.45, 2.75) is 44.1 Å². The van der Waals surface area contributed by atoms with Crippen molar-refractivity contribution in [3.8, 4) is 0 Å². The lowest BCUT2D eigenvalue weighted by atomic mass is 10.1. The van der Waals surface area contributed by atoms with Gasteiger partial charge in [0, 0.05) is 44.4 Å². The van der Waals surface area contributed by atoms with Crippen LogP contribution in [0.25, 0.3) is 5.65 Å². The molecule has 1 aliphatic carbocycles. The number of nitrogens with zero attached hydrogens (tertiary/aromatic N) is 7. The fourth-order valence-electron chi connectivity index (χ4n) is 3.70. The second kappa shape index (κ2) is 5.29. The van der Waals surface area contributed by atoms with Crippen LogP contribution >= 0.6 is 0 Å². The first kappa shape index (κ1) is 13.9. The van der Waals surface area contributed by atoms with Gasteiger partial charge in [0.05, 0.1) is 0 Å². The molecule has 7 heteroatoms. The topological polar surface area (TPSA) is 64.1 Å². The smallest absolute Gasteiger partial charge is 0.178 e. The van der Waals surface area contributed by atoms with E-state index >= 15 is 0 Å². The zero-order valence-electron chi connectivity index (χ0n) is 13.8. The van der Waals surface area contributed by atoms with Gasteiger partial charge >= 0.3 is 0 Å². The van der Waals surface area contributed by atoms with E-state index in [1.807, 2.05) is 23.0 Å². The molecule has 3 aromatic heterocycles. The number of hydrogen-bond acceptors (Lipinski definition) is 5. The monoisotopic (exact) mass is 323 g/mol. The minimum atomic E-state index is 0.455. The zero-order chi connectivity index (χ0) is 16.1. The summed E-state index contributed by atoms with van der Waals surface area (Å²) in [6.07, 6.45) is 9.64.